The average Bonchev–Trinajstić information content (AvgIpc) is 2.23. The molecule has 0 N–H and O–H groups in total. The predicted molar refractivity (Wildman–Crippen MR) is 53.2 cm³/mol. The van der Waals surface area contributed by atoms with Gasteiger partial charge in [0.15, 0.2) is 0 Å². The molecule has 1 aromatic rings. The highest BCUT2D eigenvalue weighted by molar-refractivity contribution is 5.90. The molecule has 0 aliphatic carbocycles. The molecule has 1 aromatic carbocycles. The molecule has 0 saturated heterocycles. The molecular formula is C11H10FNO. The monoisotopic (exact) mass is 191 g/mol. The smallest absolute Gasteiger partial charge is 0.213 e. The second-order valence-corrected chi connectivity index (χ2v) is 2.97. The molecular weight excluding hydrogens is 181 g/mol. The van der Waals surface area contributed by atoms with Gasteiger partial charge in [-0.25, -0.2) is 9.38 Å². The Morgan fingerprint density at radius 3 is 2.64 bits per heavy atom. The fraction of sp³-hybridized carbons (Fsp3) is 0.182. The summed E-state index contributed by atoms with van der Waals surface area (Å²) in [6.07, 6.45) is 4.75. The number of ether oxygens (including phenoxy) is 1. The van der Waals surface area contributed by atoms with E-state index in [1.54, 1.807) is 12.1 Å². The predicted octanol–water partition coefficient (Wildman–Crippen LogP) is 2.83. The Hall–Kier alpha value is -1.64. The van der Waals surface area contributed by atoms with Gasteiger partial charge in [0.1, 0.15) is 5.82 Å². The van der Waals surface area contributed by atoms with Crippen LogP contribution in [0.15, 0.2) is 41.4 Å². The standard InChI is InChI=1S/C11H10FNO/c12-9-4-6-10(7-5-9)13-11-3-1-2-8-14-11/h1,3-7H,2,8H2. The Morgan fingerprint density at radius 2 is 2.00 bits per heavy atom. The van der Waals surface area contributed by atoms with E-state index in [0.29, 0.717) is 18.2 Å². The van der Waals surface area contributed by atoms with Gasteiger partial charge in [-0.3, -0.25) is 0 Å². The van der Waals surface area contributed by atoms with E-state index in [1.807, 2.05) is 12.2 Å². The molecule has 0 amide bonds. The third kappa shape index (κ3) is 2.19. The van der Waals surface area contributed by atoms with Crippen LogP contribution in [0.5, 0.6) is 0 Å². The number of halogens is 1. The van der Waals surface area contributed by atoms with Gasteiger partial charge in [0, 0.05) is 0 Å². The second kappa shape index (κ2) is 4.05. The number of rotatable bonds is 1. The van der Waals surface area contributed by atoms with Crippen LogP contribution in [0.3, 0.4) is 0 Å². The SMILES string of the molecule is Fc1ccc(N=C2C=CCCO2)cc1. The summed E-state index contributed by atoms with van der Waals surface area (Å²) >= 11 is 0. The molecule has 2 nitrogen and oxygen atoms in total. The van der Waals surface area contributed by atoms with Gasteiger partial charge in [-0.05, 0) is 36.8 Å². The molecule has 0 atom stereocenters. The highest BCUT2D eigenvalue weighted by Crippen LogP contribution is 2.14. The molecule has 1 aliphatic heterocycles. The fourth-order valence-electron chi connectivity index (χ4n) is 1.18. The topological polar surface area (TPSA) is 21.6 Å². The van der Waals surface area contributed by atoms with Crippen molar-refractivity contribution in [2.24, 2.45) is 4.99 Å². The van der Waals surface area contributed by atoms with Crippen molar-refractivity contribution in [3.8, 4) is 0 Å². The van der Waals surface area contributed by atoms with Crippen molar-refractivity contribution < 1.29 is 9.13 Å². The van der Waals surface area contributed by atoms with Gasteiger partial charge < -0.3 is 4.74 Å². The summed E-state index contributed by atoms with van der Waals surface area (Å²) < 4.78 is 17.9. The second-order valence-electron chi connectivity index (χ2n) is 2.97. The maximum absolute atomic E-state index is 12.6. The molecule has 0 aromatic heterocycles. The molecule has 0 unspecified atom stereocenters. The lowest BCUT2D eigenvalue weighted by Gasteiger charge is -2.08. The minimum atomic E-state index is -0.256. The summed E-state index contributed by atoms with van der Waals surface area (Å²) in [6, 6.07) is 6.00. The lowest BCUT2D eigenvalue weighted by Crippen LogP contribution is -2.06. The van der Waals surface area contributed by atoms with Crippen LogP contribution < -0.4 is 0 Å². The van der Waals surface area contributed by atoms with Gasteiger partial charge in [0.2, 0.25) is 5.90 Å². The Morgan fingerprint density at radius 1 is 1.21 bits per heavy atom. The molecule has 0 fully saturated rings. The van der Waals surface area contributed by atoms with Crippen LogP contribution in [0.4, 0.5) is 10.1 Å². The summed E-state index contributed by atoms with van der Waals surface area (Å²) in [5.41, 5.74) is 0.702. The minimum absolute atomic E-state index is 0.256. The lowest BCUT2D eigenvalue weighted by atomic mass is 10.3. The zero-order valence-corrected chi connectivity index (χ0v) is 7.61. The van der Waals surface area contributed by atoms with Crippen molar-refractivity contribution in [3.63, 3.8) is 0 Å². The first kappa shape index (κ1) is 8.94. The molecule has 0 bridgehead atoms. The van der Waals surface area contributed by atoms with E-state index in [0.717, 1.165) is 6.42 Å². The van der Waals surface area contributed by atoms with Crippen LogP contribution in [0.25, 0.3) is 0 Å². The minimum Gasteiger partial charge on any atom is -0.477 e. The zero-order chi connectivity index (χ0) is 9.80. The third-order valence-corrected chi connectivity index (χ3v) is 1.86. The van der Waals surface area contributed by atoms with Gasteiger partial charge in [-0.1, -0.05) is 6.08 Å². The average molecular weight is 191 g/mol. The van der Waals surface area contributed by atoms with Gasteiger partial charge in [-0.15, -0.1) is 0 Å². The maximum atomic E-state index is 12.6. The lowest BCUT2D eigenvalue weighted by molar-refractivity contribution is 0.308. The Balaban J connectivity index is 2.19. The van der Waals surface area contributed by atoms with E-state index in [-0.39, 0.29) is 5.82 Å². The molecule has 72 valence electrons. The summed E-state index contributed by atoms with van der Waals surface area (Å²) in [7, 11) is 0. The molecule has 14 heavy (non-hydrogen) atoms. The summed E-state index contributed by atoms with van der Waals surface area (Å²) in [6.45, 7) is 0.663. The van der Waals surface area contributed by atoms with E-state index < -0.39 is 0 Å². The highest BCUT2D eigenvalue weighted by atomic mass is 19.1. The number of benzene rings is 1. The fourth-order valence-corrected chi connectivity index (χ4v) is 1.18. The largest absolute Gasteiger partial charge is 0.477 e. The highest BCUT2D eigenvalue weighted by Gasteiger charge is 2.00. The van der Waals surface area contributed by atoms with Crippen molar-refractivity contribution in [2.75, 3.05) is 6.61 Å². The third-order valence-electron chi connectivity index (χ3n) is 1.86. The van der Waals surface area contributed by atoms with Gasteiger partial charge in [-0.2, -0.15) is 0 Å². The van der Waals surface area contributed by atoms with Gasteiger partial charge in [0.25, 0.3) is 0 Å². The quantitative estimate of drug-likeness (QED) is 0.668. The Kier molecular flexibility index (Phi) is 2.58. The van der Waals surface area contributed by atoms with E-state index in [1.165, 1.54) is 12.1 Å². The first-order chi connectivity index (χ1) is 6.84. The van der Waals surface area contributed by atoms with Crippen molar-refractivity contribution in [1.29, 1.82) is 0 Å². The van der Waals surface area contributed by atoms with Crippen LogP contribution in [0.2, 0.25) is 0 Å². The number of hydrogen-bond acceptors (Lipinski definition) is 2. The van der Waals surface area contributed by atoms with Gasteiger partial charge in [0.05, 0.1) is 12.3 Å². The summed E-state index contributed by atoms with van der Waals surface area (Å²) in [4.78, 5) is 4.20. The van der Waals surface area contributed by atoms with Crippen LogP contribution in [0, 0.1) is 5.82 Å². The zero-order valence-electron chi connectivity index (χ0n) is 7.61. The number of nitrogens with zero attached hydrogens (tertiary/aromatic N) is 1. The van der Waals surface area contributed by atoms with Crippen LogP contribution >= 0.6 is 0 Å². The van der Waals surface area contributed by atoms with E-state index in [2.05, 4.69) is 4.99 Å². The first-order valence-electron chi connectivity index (χ1n) is 4.48. The molecule has 2 rings (SSSR count). The number of aliphatic imine (C=N–C) groups is 1. The molecule has 0 saturated carbocycles. The summed E-state index contributed by atoms with van der Waals surface area (Å²) in [5.74, 6) is 0.330. The van der Waals surface area contributed by atoms with Crippen LogP contribution in [-0.4, -0.2) is 12.5 Å². The van der Waals surface area contributed by atoms with Crippen LogP contribution in [0.1, 0.15) is 6.42 Å². The molecule has 1 aliphatic rings. The molecule has 0 spiro atoms. The molecule has 0 radical (unpaired) electrons. The number of hydrogen-bond donors (Lipinski definition) is 0. The molecule has 3 heteroatoms. The first-order valence-corrected chi connectivity index (χ1v) is 4.48. The molecule has 1 heterocycles. The van der Waals surface area contributed by atoms with Crippen LogP contribution in [-0.2, 0) is 4.74 Å². The maximum Gasteiger partial charge on any atom is 0.213 e. The van der Waals surface area contributed by atoms with Crippen molar-refractivity contribution in [2.45, 2.75) is 6.42 Å². The Bertz CT molecular complexity index is 367. The normalized spacial score (nSPS) is 18.2. The van der Waals surface area contributed by atoms with Crippen molar-refractivity contribution in [3.05, 3.63) is 42.2 Å². The van der Waals surface area contributed by atoms with E-state index in [9.17, 15) is 4.39 Å². The van der Waals surface area contributed by atoms with Gasteiger partial charge >= 0.3 is 0 Å². The van der Waals surface area contributed by atoms with Crippen molar-refractivity contribution in [1.82, 2.24) is 0 Å². The van der Waals surface area contributed by atoms with Crippen molar-refractivity contribution >= 4 is 11.6 Å². The van der Waals surface area contributed by atoms with E-state index in [4.69, 9.17) is 4.74 Å². The Labute approximate surface area is 81.7 Å². The summed E-state index contributed by atoms with van der Waals surface area (Å²) in [5, 5.41) is 0. The van der Waals surface area contributed by atoms with E-state index >= 15 is 0 Å².